The van der Waals surface area contributed by atoms with Gasteiger partial charge >= 0.3 is 0 Å². The van der Waals surface area contributed by atoms with Crippen LogP contribution >= 0.6 is 0 Å². The fourth-order valence-corrected chi connectivity index (χ4v) is 2.60. The van der Waals surface area contributed by atoms with Crippen molar-refractivity contribution in [2.24, 2.45) is 0 Å². The first-order chi connectivity index (χ1) is 13.1. The van der Waals surface area contributed by atoms with Gasteiger partial charge in [-0.15, -0.1) is 0 Å². The number of benzene rings is 2. The quantitative estimate of drug-likeness (QED) is 0.342. The predicted octanol–water partition coefficient (Wildman–Crippen LogP) is 4.79. The summed E-state index contributed by atoms with van der Waals surface area (Å²) < 4.78 is 21.7. The maximum absolute atomic E-state index is 12.7. The first kappa shape index (κ1) is 20.4. The topological polar surface area (TPSA) is 54.0 Å². The van der Waals surface area contributed by atoms with Gasteiger partial charge in [0, 0.05) is 0 Å². The molecule has 0 atom stereocenters. The standard InChI is InChI=1S/C22H26O5/c1-5-6-14-27-17-9-7-8-16(15-17)10-12-19(23)18-11-13-20(24-2)22(26-4)21(18)25-3/h7-13,15H,5-6,14H2,1-4H3/b12-10+. The Balaban J connectivity index is 2.21. The number of ketones is 1. The minimum Gasteiger partial charge on any atom is -0.494 e. The molecule has 0 fully saturated rings. The Bertz CT molecular complexity index is 795. The van der Waals surface area contributed by atoms with Crippen LogP contribution in [0.4, 0.5) is 0 Å². The molecular weight excluding hydrogens is 344 g/mol. The van der Waals surface area contributed by atoms with Crippen molar-refractivity contribution in [3.63, 3.8) is 0 Å². The van der Waals surface area contributed by atoms with E-state index in [1.54, 1.807) is 18.2 Å². The second kappa shape index (κ2) is 10.3. The summed E-state index contributed by atoms with van der Waals surface area (Å²) in [5, 5.41) is 0. The van der Waals surface area contributed by atoms with E-state index in [-0.39, 0.29) is 5.78 Å². The summed E-state index contributed by atoms with van der Waals surface area (Å²) in [6.45, 7) is 2.81. The third-order valence-corrected chi connectivity index (χ3v) is 4.02. The Kier molecular flexibility index (Phi) is 7.74. The van der Waals surface area contributed by atoms with Gasteiger partial charge in [0.25, 0.3) is 0 Å². The van der Waals surface area contributed by atoms with E-state index < -0.39 is 0 Å². The Morgan fingerprint density at radius 2 is 1.78 bits per heavy atom. The Morgan fingerprint density at radius 3 is 2.44 bits per heavy atom. The lowest BCUT2D eigenvalue weighted by Gasteiger charge is -2.14. The van der Waals surface area contributed by atoms with Gasteiger partial charge in [0.15, 0.2) is 17.3 Å². The van der Waals surface area contributed by atoms with Gasteiger partial charge in [-0.05, 0) is 42.3 Å². The lowest BCUT2D eigenvalue weighted by Crippen LogP contribution is -2.03. The molecule has 0 bridgehead atoms. The Labute approximate surface area is 160 Å². The first-order valence-corrected chi connectivity index (χ1v) is 8.88. The van der Waals surface area contributed by atoms with Crippen molar-refractivity contribution in [3.8, 4) is 23.0 Å². The van der Waals surface area contributed by atoms with Crippen LogP contribution in [0.2, 0.25) is 0 Å². The number of rotatable bonds is 10. The van der Waals surface area contributed by atoms with Crippen LogP contribution in [0.5, 0.6) is 23.0 Å². The number of methoxy groups -OCH3 is 3. The fraction of sp³-hybridized carbons (Fsp3) is 0.318. The molecule has 0 N–H and O–H groups in total. The van der Waals surface area contributed by atoms with Crippen LogP contribution in [-0.2, 0) is 0 Å². The van der Waals surface area contributed by atoms with Crippen LogP contribution < -0.4 is 18.9 Å². The van der Waals surface area contributed by atoms with E-state index in [2.05, 4.69) is 6.92 Å². The number of hydrogen-bond acceptors (Lipinski definition) is 5. The smallest absolute Gasteiger partial charge is 0.204 e. The second-order valence-electron chi connectivity index (χ2n) is 5.85. The molecule has 144 valence electrons. The van der Waals surface area contributed by atoms with E-state index in [4.69, 9.17) is 18.9 Å². The lowest BCUT2D eigenvalue weighted by atomic mass is 10.1. The number of ether oxygens (including phenoxy) is 4. The predicted molar refractivity (Wildman–Crippen MR) is 106 cm³/mol. The molecule has 2 aromatic carbocycles. The molecule has 0 spiro atoms. The summed E-state index contributed by atoms with van der Waals surface area (Å²) in [7, 11) is 4.54. The van der Waals surface area contributed by atoms with Gasteiger partial charge in [-0.1, -0.05) is 31.6 Å². The zero-order valence-corrected chi connectivity index (χ0v) is 16.3. The molecule has 0 saturated heterocycles. The van der Waals surface area contributed by atoms with E-state index in [0.717, 1.165) is 24.2 Å². The van der Waals surface area contributed by atoms with E-state index in [9.17, 15) is 4.79 Å². The molecule has 0 heterocycles. The first-order valence-electron chi connectivity index (χ1n) is 8.88. The monoisotopic (exact) mass is 370 g/mol. The van der Waals surface area contributed by atoms with Crippen molar-refractivity contribution >= 4 is 11.9 Å². The summed E-state index contributed by atoms with van der Waals surface area (Å²) in [5.41, 5.74) is 1.29. The van der Waals surface area contributed by atoms with Crippen LogP contribution in [0, 0.1) is 0 Å². The molecule has 2 rings (SSSR count). The van der Waals surface area contributed by atoms with Gasteiger partial charge in [-0.2, -0.15) is 0 Å². The summed E-state index contributed by atoms with van der Waals surface area (Å²) in [5.74, 6) is 1.85. The van der Waals surface area contributed by atoms with Gasteiger partial charge in [-0.3, -0.25) is 4.79 Å². The van der Waals surface area contributed by atoms with Crippen molar-refractivity contribution in [2.75, 3.05) is 27.9 Å². The highest BCUT2D eigenvalue weighted by Gasteiger charge is 2.19. The number of carbonyl (C=O) groups excluding carboxylic acids is 1. The van der Waals surface area contributed by atoms with Crippen LogP contribution in [0.3, 0.4) is 0 Å². The van der Waals surface area contributed by atoms with Crippen LogP contribution in [-0.4, -0.2) is 33.7 Å². The molecule has 0 aliphatic heterocycles. The van der Waals surface area contributed by atoms with Crippen molar-refractivity contribution in [1.29, 1.82) is 0 Å². The Hall–Kier alpha value is -2.95. The number of allylic oxidation sites excluding steroid dienone is 1. The molecule has 0 saturated carbocycles. The average Bonchev–Trinajstić information content (AvgIpc) is 2.71. The molecule has 0 aliphatic carbocycles. The minimum absolute atomic E-state index is 0.190. The number of carbonyl (C=O) groups is 1. The zero-order chi connectivity index (χ0) is 19.6. The SMILES string of the molecule is CCCCOc1cccc(/C=C/C(=O)c2ccc(OC)c(OC)c2OC)c1. The molecule has 0 aromatic heterocycles. The fourth-order valence-electron chi connectivity index (χ4n) is 2.60. The van der Waals surface area contributed by atoms with E-state index in [1.165, 1.54) is 27.4 Å². The molecule has 2 aromatic rings. The highest BCUT2D eigenvalue weighted by atomic mass is 16.5. The summed E-state index contributed by atoms with van der Waals surface area (Å²) in [6.07, 6.45) is 5.36. The van der Waals surface area contributed by atoms with Crippen LogP contribution in [0.25, 0.3) is 6.08 Å². The van der Waals surface area contributed by atoms with Gasteiger partial charge in [0.05, 0.1) is 33.5 Å². The van der Waals surface area contributed by atoms with E-state index in [0.29, 0.717) is 29.4 Å². The van der Waals surface area contributed by atoms with Gasteiger partial charge in [0.1, 0.15) is 5.75 Å². The molecule has 5 heteroatoms. The third-order valence-electron chi connectivity index (χ3n) is 4.02. The molecule has 5 nitrogen and oxygen atoms in total. The van der Waals surface area contributed by atoms with E-state index in [1.807, 2.05) is 24.3 Å². The number of unbranched alkanes of at least 4 members (excludes halogenated alkanes) is 1. The highest BCUT2D eigenvalue weighted by Crippen LogP contribution is 2.40. The van der Waals surface area contributed by atoms with Crippen LogP contribution in [0.15, 0.2) is 42.5 Å². The van der Waals surface area contributed by atoms with Crippen LogP contribution in [0.1, 0.15) is 35.7 Å². The van der Waals surface area contributed by atoms with Gasteiger partial charge in [0.2, 0.25) is 5.75 Å². The molecule has 0 aliphatic rings. The van der Waals surface area contributed by atoms with Crippen molar-refractivity contribution in [1.82, 2.24) is 0 Å². The average molecular weight is 370 g/mol. The van der Waals surface area contributed by atoms with Gasteiger partial charge < -0.3 is 18.9 Å². The molecule has 0 radical (unpaired) electrons. The maximum atomic E-state index is 12.7. The van der Waals surface area contributed by atoms with Crippen molar-refractivity contribution in [2.45, 2.75) is 19.8 Å². The third kappa shape index (κ3) is 5.26. The molecule has 27 heavy (non-hydrogen) atoms. The highest BCUT2D eigenvalue weighted by molar-refractivity contribution is 6.09. The summed E-state index contributed by atoms with van der Waals surface area (Å²) in [4.78, 5) is 12.7. The lowest BCUT2D eigenvalue weighted by molar-refractivity contribution is 0.104. The zero-order valence-electron chi connectivity index (χ0n) is 16.3. The second-order valence-corrected chi connectivity index (χ2v) is 5.85. The van der Waals surface area contributed by atoms with Crippen molar-refractivity contribution < 1.29 is 23.7 Å². The molecular formula is C22H26O5. The number of hydrogen-bond donors (Lipinski definition) is 0. The normalized spacial score (nSPS) is 10.7. The van der Waals surface area contributed by atoms with Gasteiger partial charge in [-0.25, -0.2) is 0 Å². The summed E-state index contributed by atoms with van der Waals surface area (Å²) in [6, 6.07) is 11.0. The Morgan fingerprint density at radius 1 is 1.00 bits per heavy atom. The minimum atomic E-state index is -0.190. The summed E-state index contributed by atoms with van der Waals surface area (Å²) >= 11 is 0. The maximum Gasteiger partial charge on any atom is 0.204 e. The molecule has 0 amide bonds. The van der Waals surface area contributed by atoms with E-state index >= 15 is 0 Å². The largest absolute Gasteiger partial charge is 0.494 e. The molecule has 0 unspecified atom stereocenters. The van der Waals surface area contributed by atoms with Crippen molar-refractivity contribution in [3.05, 3.63) is 53.6 Å².